The van der Waals surface area contributed by atoms with E-state index in [1.54, 1.807) is 32.1 Å². The zero-order chi connectivity index (χ0) is 44.2. The van der Waals surface area contributed by atoms with Crippen molar-refractivity contribution in [1.29, 1.82) is 0 Å². The zero-order valence-corrected chi connectivity index (χ0v) is 36.6. The van der Waals surface area contributed by atoms with Gasteiger partial charge in [0.1, 0.15) is 23.7 Å². The number of nitrogens with zero attached hydrogens (tertiary/aromatic N) is 2. The van der Waals surface area contributed by atoms with E-state index in [0.29, 0.717) is 19.3 Å². The molecular formula is C44H61N7O8S. The molecule has 3 aromatic rings. The highest BCUT2D eigenvalue weighted by Crippen LogP contribution is 2.28. The molecule has 326 valence electrons. The number of thiazole rings is 1. The molecule has 0 saturated carbocycles. The second-order valence-corrected chi connectivity index (χ2v) is 18.2. The summed E-state index contributed by atoms with van der Waals surface area (Å²) in [7, 11) is 0. The first-order valence-corrected chi connectivity index (χ1v) is 21.3. The average molecular weight is 848 g/mol. The quantitative estimate of drug-likeness (QED) is 0.0997. The summed E-state index contributed by atoms with van der Waals surface area (Å²) in [5, 5.41) is 21.8. The third-order valence-corrected chi connectivity index (χ3v) is 11.0. The molecule has 0 spiro atoms. The number of nitrogens with two attached hydrogens (primary N) is 1. The minimum absolute atomic E-state index is 0.0101. The van der Waals surface area contributed by atoms with Crippen molar-refractivity contribution in [3.05, 3.63) is 76.4 Å². The fourth-order valence-corrected chi connectivity index (χ4v) is 7.65. The predicted molar refractivity (Wildman–Crippen MR) is 229 cm³/mol. The minimum atomic E-state index is -1.02. The van der Waals surface area contributed by atoms with Crippen LogP contribution in [-0.2, 0) is 48.2 Å². The number of carbonyl (C=O) groups excluding carboxylic acids is 6. The average Bonchev–Trinajstić information content (AvgIpc) is 3.79. The summed E-state index contributed by atoms with van der Waals surface area (Å²) in [5.74, 6) is -2.15. The predicted octanol–water partition coefficient (Wildman–Crippen LogP) is 4.42. The van der Waals surface area contributed by atoms with Crippen LogP contribution in [0.2, 0.25) is 0 Å². The van der Waals surface area contributed by atoms with Crippen molar-refractivity contribution in [2.45, 2.75) is 136 Å². The number of aliphatic hydroxyl groups is 1. The summed E-state index contributed by atoms with van der Waals surface area (Å²) in [6, 6.07) is 12.7. The molecule has 1 aliphatic heterocycles. The lowest BCUT2D eigenvalue weighted by molar-refractivity contribution is -0.144. The first kappa shape index (κ1) is 47.3. The Kier molecular flexibility index (Phi) is 16.8. The molecule has 0 radical (unpaired) electrons. The Morgan fingerprint density at radius 1 is 0.917 bits per heavy atom. The van der Waals surface area contributed by atoms with E-state index in [1.165, 1.54) is 4.90 Å². The number of unbranched alkanes of at least 4 members (excludes halogenated alkanes) is 1. The number of hydrogen-bond acceptors (Lipinski definition) is 10. The van der Waals surface area contributed by atoms with Gasteiger partial charge in [-0.15, -0.1) is 11.3 Å². The SMILES string of the molecule is Cc1ncsc1-c1ccc(CNC(=O)[C@@H]2C[C@@H](O)CN2C(=O)[C@@H](NC(=O)CCCCc2cccc(CNC(=O)[C@H](CCC(N)=O)NC(=O)OC(C)(C)C)c2)C(C)(C)C)cc1. The maximum atomic E-state index is 14.0. The van der Waals surface area contributed by atoms with Gasteiger partial charge in [0, 0.05) is 38.9 Å². The van der Waals surface area contributed by atoms with Gasteiger partial charge in [0.25, 0.3) is 0 Å². The molecule has 1 fully saturated rings. The van der Waals surface area contributed by atoms with Gasteiger partial charge >= 0.3 is 6.09 Å². The first-order valence-electron chi connectivity index (χ1n) is 20.4. The molecule has 2 aromatic carbocycles. The number of benzene rings is 2. The van der Waals surface area contributed by atoms with Crippen LogP contribution < -0.4 is 27.0 Å². The van der Waals surface area contributed by atoms with Gasteiger partial charge in [0.05, 0.1) is 22.2 Å². The summed E-state index contributed by atoms with van der Waals surface area (Å²) >= 11 is 1.57. The molecule has 0 aliphatic carbocycles. The molecule has 1 saturated heterocycles. The van der Waals surface area contributed by atoms with Crippen molar-refractivity contribution in [2.24, 2.45) is 11.1 Å². The monoisotopic (exact) mass is 847 g/mol. The lowest BCUT2D eigenvalue weighted by Crippen LogP contribution is -2.57. The summed E-state index contributed by atoms with van der Waals surface area (Å²) in [4.78, 5) is 84.2. The topological polar surface area (TPSA) is 222 Å². The summed E-state index contributed by atoms with van der Waals surface area (Å²) < 4.78 is 5.27. The molecule has 4 atom stereocenters. The van der Waals surface area contributed by atoms with E-state index in [0.717, 1.165) is 32.8 Å². The number of nitrogens with one attached hydrogen (secondary N) is 4. The number of β-amino-alcohol motifs (C(OH)–C–C–N with tert-alkyl or cyclic N) is 1. The van der Waals surface area contributed by atoms with Crippen LogP contribution in [0.4, 0.5) is 4.79 Å². The molecule has 0 unspecified atom stereocenters. The number of ether oxygens (including phenoxy) is 1. The highest BCUT2D eigenvalue weighted by molar-refractivity contribution is 7.13. The number of rotatable bonds is 18. The van der Waals surface area contributed by atoms with Crippen LogP contribution >= 0.6 is 11.3 Å². The van der Waals surface area contributed by atoms with Crippen molar-refractivity contribution < 1.29 is 38.6 Å². The van der Waals surface area contributed by atoms with Crippen LogP contribution in [0.25, 0.3) is 10.4 Å². The fraction of sp³-hybridized carbons (Fsp3) is 0.523. The fourth-order valence-electron chi connectivity index (χ4n) is 6.84. The molecule has 1 aromatic heterocycles. The van der Waals surface area contributed by atoms with E-state index in [-0.39, 0.29) is 57.1 Å². The van der Waals surface area contributed by atoms with Crippen LogP contribution in [-0.4, -0.2) is 87.0 Å². The van der Waals surface area contributed by atoms with E-state index in [1.807, 2.05) is 81.7 Å². The molecule has 7 N–H and O–H groups in total. The third-order valence-electron chi connectivity index (χ3n) is 9.98. The molecule has 60 heavy (non-hydrogen) atoms. The highest BCUT2D eigenvalue weighted by Gasteiger charge is 2.44. The standard InChI is InChI=1S/C44H61N7O8S/c1-27-37(60-26-48-27)31-17-15-29(16-18-31)23-47-40(56)34-22-32(52)25-51(34)41(57)38(43(2,3)4)50-36(54)14-9-8-11-28-12-10-13-30(21-28)24-46-39(55)33(19-20-35(45)53)49-42(58)59-44(5,6)7/h10,12-13,15-18,21,26,32-34,38,52H,8-9,11,14,19-20,22-25H2,1-7H3,(H2,45,53)(H,46,55)(H,47,56)(H,49,58)(H,50,54)/t32-,33+,34+,38-/m1/s1. The van der Waals surface area contributed by atoms with E-state index >= 15 is 0 Å². The number of aliphatic hydroxyl groups excluding tert-OH is 1. The van der Waals surface area contributed by atoms with Gasteiger partial charge in [0.2, 0.25) is 29.5 Å². The van der Waals surface area contributed by atoms with Crippen molar-refractivity contribution >= 4 is 47.0 Å². The molecule has 0 bridgehead atoms. The molecule has 2 heterocycles. The maximum Gasteiger partial charge on any atom is 0.408 e. The van der Waals surface area contributed by atoms with Crippen LogP contribution in [0.15, 0.2) is 54.0 Å². The Labute approximate surface area is 356 Å². The number of carbonyl (C=O) groups is 6. The molecule has 15 nitrogen and oxygen atoms in total. The van der Waals surface area contributed by atoms with Gasteiger partial charge in [-0.2, -0.15) is 0 Å². The molecule has 6 amide bonds. The Morgan fingerprint density at radius 2 is 1.60 bits per heavy atom. The number of hydrogen-bond donors (Lipinski definition) is 6. The van der Waals surface area contributed by atoms with Crippen molar-refractivity contribution in [2.75, 3.05) is 6.54 Å². The summed E-state index contributed by atoms with van der Waals surface area (Å²) in [5.41, 5.74) is 10.4. The Morgan fingerprint density at radius 3 is 2.23 bits per heavy atom. The Bertz CT molecular complexity index is 1970. The van der Waals surface area contributed by atoms with Crippen LogP contribution in [0.3, 0.4) is 0 Å². The van der Waals surface area contributed by atoms with Crippen LogP contribution in [0.5, 0.6) is 0 Å². The van der Waals surface area contributed by atoms with E-state index in [2.05, 4.69) is 26.3 Å². The Hall–Kier alpha value is -5.35. The first-order chi connectivity index (χ1) is 28.2. The van der Waals surface area contributed by atoms with Gasteiger partial charge in [-0.1, -0.05) is 69.3 Å². The van der Waals surface area contributed by atoms with E-state index < -0.39 is 59.1 Å². The lowest BCUT2D eigenvalue weighted by Gasteiger charge is -2.35. The van der Waals surface area contributed by atoms with Gasteiger partial charge in [-0.3, -0.25) is 24.0 Å². The van der Waals surface area contributed by atoms with Gasteiger partial charge in [-0.25, -0.2) is 9.78 Å². The lowest BCUT2D eigenvalue weighted by atomic mass is 9.85. The molecule has 4 rings (SSSR count). The number of aromatic nitrogens is 1. The molecular weight excluding hydrogens is 787 g/mol. The largest absolute Gasteiger partial charge is 0.444 e. The van der Waals surface area contributed by atoms with Gasteiger partial charge < -0.3 is 41.7 Å². The van der Waals surface area contributed by atoms with E-state index in [9.17, 15) is 33.9 Å². The van der Waals surface area contributed by atoms with E-state index in [4.69, 9.17) is 10.5 Å². The van der Waals surface area contributed by atoms with Crippen LogP contribution in [0.1, 0.15) is 102 Å². The van der Waals surface area contributed by atoms with Crippen molar-refractivity contribution in [3.63, 3.8) is 0 Å². The second kappa shape index (κ2) is 21.3. The van der Waals surface area contributed by atoms with Gasteiger partial charge in [0.15, 0.2) is 0 Å². The smallest absolute Gasteiger partial charge is 0.408 e. The summed E-state index contributed by atoms with van der Waals surface area (Å²) in [6.45, 7) is 13.0. The second-order valence-electron chi connectivity index (χ2n) is 17.4. The molecule has 1 aliphatic rings. The van der Waals surface area contributed by atoms with Crippen LogP contribution in [0, 0.1) is 12.3 Å². The van der Waals surface area contributed by atoms with Gasteiger partial charge in [-0.05, 0) is 81.0 Å². The minimum Gasteiger partial charge on any atom is -0.444 e. The maximum absolute atomic E-state index is 14.0. The third kappa shape index (κ3) is 14.7. The summed E-state index contributed by atoms with van der Waals surface area (Å²) in [6.07, 6.45) is 0.449. The normalized spacial score (nSPS) is 16.4. The number of alkyl carbamates (subject to hydrolysis) is 1. The highest BCUT2D eigenvalue weighted by atomic mass is 32.1. The number of amides is 6. The zero-order valence-electron chi connectivity index (χ0n) is 35.8. The Balaban J connectivity index is 1.26. The number of aryl methyl sites for hydroxylation is 2. The number of likely N-dealkylation sites (tertiary alicyclic amines) is 1. The number of primary amides is 1. The van der Waals surface area contributed by atoms with Crippen molar-refractivity contribution in [1.82, 2.24) is 31.2 Å². The molecule has 16 heteroatoms. The van der Waals surface area contributed by atoms with Crippen molar-refractivity contribution in [3.8, 4) is 10.4 Å².